The van der Waals surface area contributed by atoms with E-state index in [1.54, 1.807) is 13.0 Å². The molecule has 4 N–H and O–H groups in total. The Hall–Kier alpha value is -1.60. The van der Waals surface area contributed by atoms with Gasteiger partial charge in [-0.2, -0.15) is 0 Å². The zero-order valence-electron chi connectivity index (χ0n) is 11.3. The summed E-state index contributed by atoms with van der Waals surface area (Å²) in [6.07, 6.45) is 1.87. The molecule has 0 spiro atoms. The van der Waals surface area contributed by atoms with Gasteiger partial charge in [0, 0.05) is 24.7 Å². The Morgan fingerprint density at radius 1 is 1.35 bits per heavy atom. The Bertz CT molecular complexity index is 609. The van der Waals surface area contributed by atoms with Crippen molar-refractivity contribution in [1.29, 1.82) is 0 Å². The zero-order valence-corrected chi connectivity index (χ0v) is 12.2. The summed E-state index contributed by atoms with van der Waals surface area (Å²) in [5.41, 5.74) is 6.93. The first-order valence-electron chi connectivity index (χ1n) is 6.53. The lowest BCUT2D eigenvalue weighted by molar-refractivity contribution is -0.122. The van der Waals surface area contributed by atoms with E-state index < -0.39 is 10.0 Å². The minimum atomic E-state index is -3.56. The van der Waals surface area contributed by atoms with Crippen molar-refractivity contribution in [3.05, 3.63) is 23.8 Å². The van der Waals surface area contributed by atoms with Crippen LogP contribution >= 0.6 is 0 Å². The second kappa shape index (κ2) is 5.80. The van der Waals surface area contributed by atoms with E-state index in [4.69, 9.17) is 5.73 Å². The molecule has 110 valence electrons. The molecule has 1 aliphatic carbocycles. The van der Waals surface area contributed by atoms with Gasteiger partial charge >= 0.3 is 0 Å². The SMILES string of the molecule is Cc1cc(S(=O)(=O)NCCNC(=O)C2CC2)ccc1N. The summed E-state index contributed by atoms with van der Waals surface area (Å²) in [7, 11) is -3.56. The minimum absolute atomic E-state index is 0.00697. The molecule has 0 heterocycles. The molecule has 6 nitrogen and oxygen atoms in total. The zero-order chi connectivity index (χ0) is 14.8. The standard InChI is InChI=1S/C13H19N3O3S/c1-9-8-11(4-5-12(9)14)20(18,19)16-7-6-15-13(17)10-2-3-10/h4-5,8,10,16H,2-3,6-7,14H2,1H3,(H,15,17). The molecule has 0 radical (unpaired) electrons. The summed E-state index contributed by atoms with van der Waals surface area (Å²) < 4.78 is 26.5. The number of benzene rings is 1. The summed E-state index contributed by atoms with van der Waals surface area (Å²) in [6, 6.07) is 4.56. The van der Waals surface area contributed by atoms with E-state index in [9.17, 15) is 13.2 Å². The maximum atomic E-state index is 12.0. The molecule has 0 aromatic heterocycles. The van der Waals surface area contributed by atoms with Crippen molar-refractivity contribution in [3.63, 3.8) is 0 Å². The van der Waals surface area contributed by atoms with Crippen molar-refractivity contribution in [1.82, 2.24) is 10.0 Å². The Morgan fingerprint density at radius 3 is 2.65 bits per heavy atom. The smallest absolute Gasteiger partial charge is 0.240 e. The molecule has 2 rings (SSSR count). The van der Waals surface area contributed by atoms with E-state index in [1.807, 2.05) is 0 Å². The lowest BCUT2D eigenvalue weighted by Gasteiger charge is -2.09. The van der Waals surface area contributed by atoms with Crippen LogP contribution in [0.3, 0.4) is 0 Å². The van der Waals surface area contributed by atoms with Crippen molar-refractivity contribution in [3.8, 4) is 0 Å². The van der Waals surface area contributed by atoms with Crippen LogP contribution in [0.1, 0.15) is 18.4 Å². The normalized spacial score (nSPS) is 15.1. The molecule has 1 fully saturated rings. The van der Waals surface area contributed by atoms with Gasteiger partial charge in [-0.3, -0.25) is 4.79 Å². The molecule has 1 aromatic rings. The second-order valence-corrected chi connectivity index (χ2v) is 6.75. The van der Waals surface area contributed by atoms with Crippen LogP contribution in [0.4, 0.5) is 5.69 Å². The molecule has 0 aliphatic heterocycles. The Labute approximate surface area is 118 Å². The fraction of sp³-hybridized carbons (Fsp3) is 0.462. The number of hydrogen-bond acceptors (Lipinski definition) is 4. The van der Waals surface area contributed by atoms with Gasteiger partial charge in [-0.1, -0.05) is 0 Å². The molecule has 1 aromatic carbocycles. The molecule has 0 unspecified atom stereocenters. The number of carbonyl (C=O) groups is 1. The second-order valence-electron chi connectivity index (χ2n) is 4.98. The topological polar surface area (TPSA) is 101 Å². The average molecular weight is 297 g/mol. The quantitative estimate of drug-likeness (QED) is 0.522. The van der Waals surface area contributed by atoms with Gasteiger partial charge in [-0.25, -0.2) is 13.1 Å². The van der Waals surface area contributed by atoms with E-state index in [0.29, 0.717) is 12.2 Å². The maximum absolute atomic E-state index is 12.0. The number of hydrogen-bond donors (Lipinski definition) is 3. The average Bonchev–Trinajstić information content (AvgIpc) is 3.22. The first kappa shape index (κ1) is 14.8. The number of nitrogen functional groups attached to an aromatic ring is 1. The van der Waals surface area contributed by atoms with Gasteiger partial charge in [0.25, 0.3) is 0 Å². The van der Waals surface area contributed by atoms with Gasteiger partial charge in [-0.05, 0) is 43.5 Å². The van der Waals surface area contributed by atoms with Crippen LogP contribution in [0.5, 0.6) is 0 Å². The fourth-order valence-corrected chi connectivity index (χ4v) is 2.88. The first-order valence-corrected chi connectivity index (χ1v) is 8.02. The van der Waals surface area contributed by atoms with Gasteiger partial charge in [0.1, 0.15) is 0 Å². The molecule has 0 atom stereocenters. The Kier molecular flexibility index (Phi) is 4.29. The highest BCUT2D eigenvalue weighted by molar-refractivity contribution is 7.89. The Balaban J connectivity index is 1.86. The number of amides is 1. The van der Waals surface area contributed by atoms with E-state index in [2.05, 4.69) is 10.0 Å². The van der Waals surface area contributed by atoms with Crippen molar-refractivity contribution >= 4 is 21.6 Å². The van der Waals surface area contributed by atoms with Crippen LogP contribution in [0.15, 0.2) is 23.1 Å². The van der Waals surface area contributed by atoms with Crippen molar-refractivity contribution in [2.24, 2.45) is 5.92 Å². The third kappa shape index (κ3) is 3.71. The van der Waals surface area contributed by atoms with Crippen LogP contribution in [0, 0.1) is 12.8 Å². The van der Waals surface area contributed by atoms with Gasteiger partial charge in [0.05, 0.1) is 4.90 Å². The van der Waals surface area contributed by atoms with Crippen molar-refractivity contribution in [2.45, 2.75) is 24.7 Å². The summed E-state index contributed by atoms with van der Waals surface area (Å²) in [5.74, 6) is 0.138. The molecule has 0 bridgehead atoms. The number of sulfonamides is 1. The lowest BCUT2D eigenvalue weighted by atomic mass is 10.2. The highest BCUT2D eigenvalue weighted by atomic mass is 32.2. The molecule has 7 heteroatoms. The molecular formula is C13H19N3O3S. The van der Waals surface area contributed by atoms with Crippen LogP contribution in [0.25, 0.3) is 0 Å². The molecule has 0 saturated heterocycles. The van der Waals surface area contributed by atoms with E-state index in [-0.39, 0.29) is 23.3 Å². The largest absolute Gasteiger partial charge is 0.399 e. The highest BCUT2D eigenvalue weighted by Crippen LogP contribution is 2.28. The monoisotopic (exact) mass is 297 g/mol. The van der Waals surface area contributed by atoms with E-state index in [1.165, 1.54) is 12.1 Å². The predicted molar refractivity (Wildman–Crippen MR) is 76.5 cm³/mol. The van der Waals surface area contributed by atoms with Crippen molar-refractivity contribution < 1.29 is 13.2 Å². The van der Waals surface area contributed by atoms with Gasteiger partial charge in [0.15, 0.2) is 0 Å². The van der Waals surface area contributed by atoms with Crippen molar-refractivity contribution in [2.75, 3.05) is 18.8 Å². The van der Waals surface area contributed by atoms with E-state index >= 15 is 0 Å². The van der Waals surface area contributed by atoms with Crippen LogP contribution in [0.2, 0.25) is 0 Å². The number of carbonyl (C=O) groups excluding carboxylic acids is 1. The van der Waals surface area contributed by atoms with Crippen LogP contribution in [-0.4, -0.2) is 27.4 Å². The third-order valence-corrected chi connectivity index (χ3v) is 4.67. The highest BCUT2D eigenvalue weighted by Gasteiger charge is 2.29. The fourth-order valence-electron chi connectivity index (χ4n) is 1.76. The summed E-state index contributed by atoms with van der Waals surface area (Å²) in [6.45, 7) is 2.22. The molecule has 1 amide bonds. The maximum Gasteiger partial charge on any atom is 0.240 e. The number of nitrogens with one attached hydrogen (secondary N) is 2. The Morgan fingerprint density at radius 2 is 2.05 bits per heavy atom. The van der Waals surface area contributed by atoms with Gasteiger partial charge in [0.2, 0.25) is 15.9 Å². The molecule has 1 saturated carbocycles. The molecule has 1 aliphatic rings. The first-order chi connectivity index (χ1) is 9.40. The summed E-state index contributed by atoms with van der Waals surface area (Å²) in [5, 5.41) is 2.70. The minimum Gasteiger partial charge on any atom is -0.399 e. The van der Waals surface area contributed by atoms with Gasteiger partial charge < -0.3 is 11.1 Å². The predicted octanol–water partition coefficient (Wildman–Crippen LogP) is 0.382. The van der Waals surface area contributed by atoms with Gasteiger partial charge in [-0.15, -0.1) is 0 Å². The molecular weight excluding hydrogens is 278 g/mol. The van der Waals surface area contributed by atoms with E-state index in [0.717, 1.165) is 18.4 Å². The number of nitrogens with two attached hydrogens (primary N) is 1. The number of anilines is 1. The summed E-state index contributed by atoms with van der Waals surface area (Å²) >= 11 is 0. The number of aryl methyl sites for hydroxylation is 1. The van der Waals surface area contributed by atoms with Crippen LogP contribution < -0.4 is 15.8 Å². The third-order valence-electron chi connectivity index (χ3n) is 3.22. The lowest BCUT2D eigenvalue weighted by Crippen LogP contribution is -2.35. The van der Waals surface area contributed by atoms with Crippen LogP contribution in [-0.2, 0) is 14.8 Å². The number of rotatable bonds is 6. The molecule has 20 heavy (non-hydrogen) atoms. The summed E-state index contributed by atoms with van der Waals surface area (Å²) in [4.78, 5) is 11.6.